The number of methoxy groups -OCH3 is 1. The molecule has 0 aliphatic rings. The minimum absolute atomic E-state index is 0.712. The molecule has 0 bridgehead atoms. The fraction of sp³-hybridized carbons (Fsp3) is 0.200. The summed E-state index contributed by atoms with van der Waals surface area (Å²) >= 11 is 6.12. The standard InChI is InChI=1S/C15H16ClNO/c1-18-13-7-8-14(16)15(11-13)17-10-9-12-5-3-2-4-6-12/h2-8,11,17H,9-10H2,1H3. The summed E-state index contributed by atoms with van der Waals surface area (Å²) in [7, 11) is 1.65. The van der Waals surface area contributed by atoms with E-state index in [1.54, 1.807) is 7.11 Å². The van der Waals surface area contributed by atoms with Gasteiger partial charge in [-0.2, -0.15) is 0 Å². The Bertz CT molecular complexity index is 499. The monoisotopic (exact) mass is 261 g/mol. The van der Waals surface area contributed by atoms with Crippen molar-refractivity contribution in [3.05, 3.63) is 59.1 Å². The maximum Gasteiger partial charge on any atom is 0.121 e. The van der Waals surface area contributed by atoms with Gasteiger partial charge < -0.3 is 10.1 Å². The summed E-state index contributed by atoms with van der Waals surface area (Å²) in [4.78, 5) is 0. The molecule has 0 aliphatic heterocycles. The topological polar surface area (TPSA) is 21.3 Å². The Morgan fingerprint density at radius 2 is 1.89 bits per heavy atom. The van der Waals surface area contributed by atoms with Gasteiger partial charge in [0.15, 0.2) is 0 Å². The van der Waals surface area contributed by atoms with Crippen LogP contribution in [0, 0.1) is 0 Å². The highest BCUT2D eigenvalue weighted by molar-refractivity contribution is 6.33. The third-order valence-corrected chi connectivity index (χ3v) is 3.08. The van der Waals surface area contributed by atoms with Crippen molar-refractivity contribution in [3.63, 3.8) is 0 Å². The lowest BCUT2D eigenvalue weighted by Crippen LogP contribution is -2.05. The van der Waals surface area contributed by atoms with Crippen molar-refractivity contribution in [1.82, 2.24) is 0 Å². The van der Waals surface area contributed by atoms with E-state index in [2.05, 4.69) is 17.4 Å². The number of anilines is 1. The van der Waals surface area contributed by atoms with Crippen LogP contribution in [-0.4, -0.2) is 13.7 Å². The average molecular weight is 262 g/mol. The lowest BCUT2D eigenvalue weighted by Gasteiger charge is -2.10. The maximum atomic E-state index is 6.12. The van der Waals surface area contributed by atoms with Gasteiger partial charge in [-0.05, 0) is 24.1 Å². The van der Waals surface area contributed by atoms with Gasteiger partial charge in [-0.3, -0.25) is 0 Å². The lowest BCUT2D eigenvalue weighted by molar-refractivity contribution is 0.415. The molecule has 0 atom stereocenters. The number of ether oxygens (including phenoxy) is 1. The zero-order chi connectivity index (χ0) is 12.8. The first-order chi connectivity index (χ1) is 8.79. The van der Waals surface area contributed by atoms with Crippen LogP contribution in [-0.2, 0) is 6.42 Å². The summed E-state index contributed by atoms with van der Waals surface area (Å²) in [5, 5.41) is 4.04. The Morgan fingerprint density at radius 1 is 1.11 bits per heavy atom. The maximum absolute atomic E-state index is 6.12. The fourth-order valence-corrected chi connectivity index (χ4v) is 1.94. The van der Waals surface area contributed by atoms with Crippen LogP contribution in [0.5, 0.6) is 5.75 Å². The van der Waals surface area contributed by atoms with E-state index in [0.717, 1.165) is 24.4 Å². The third-order valence-electron chi connectivity index (χ3n) is 2.75. The second-order valence-corrected chi connectivity index (χ2v) is 4.42. The van der Waals surface area contributed by atoms with Gasteiger partial charge in [0.2, 0.25) is 0 Å². The van der Waals surface area contributed by atoms with Gasteiger partial charge in [0.1, 0.15) is 5.75 Å². The summed E-state index contributed by atoms with van der Waals surface area (Å²) in [5.74, 6) is 0.807. The summed E-state index contributed by atoms with van der Waals surface area (Å²) < 4.78 is 5.18. The van der Waals surface area contributed by atoms with E-state index in [0.29, 0.717) is 5.02 Å². The highest BCUT2D eigenvalue weighted by Crippen LogP contribution is 2.26. The highest BCUT2D eigenvalue weighted by atomic mass is 35.5. The predicted molar refractivity (Wildman–Crippen MR) is 76.6 cm³/mol. The molecule has 0 unspecified atom stereocenters. The minimum atomic E-state index is 0.712. The van der Waals surface area contributed by atoms with Crippen molar-refractivity contribution in [3.8, 4) is 5.75 Å². The molecule has 0 heterocycles. The van der Waals surface area contributed by atoms with Crippen molar-refractivity contribution >= 4 is 17.3 Å². The molecule has 0 fully saturated rings. The highest BCUT2D eigenvalue weighted by Gasteiger charge is 2.01. The van der Waals surface area contributed by atoms with Crippen LogP contribution in [0.15, 0.2) is 48.5 Å². The molecule has 1 N–H and O–H groups in total. The van der Waals surface area contributed by atoms with Crippen LogP contribution in [0.1, 0.15) is 5.56 Å². The first kappa shape index (κ1) is 12.8. The first-order valence-corrected chi connectivity index (χ1v) is 6.29. The van der Waals surface area contributed by atoms with E-state index < -0.39 is 0 Å². The number of benzene rings is 2. The molecule has 0 saturated carbocycles. The number of nitrogens with one attached hydrogen (secondary N) is 1. The molecule has 0 aliphatic carbocycles. The van der Waals surface area contributed by atoms with Crippen LogP contribution in [0.3, 0.4) is 0 Å². The molecule has 94 valence electrons. The quantitative estimate of drug-likeness (QED) is 0.878. The van der Waals surface area contributed by atoms with E-state index in [1.807, 2.05) is 36.4 Å². The number of hydrogen-bond acceptors (Lipinski definition) is 2. The first-order valence-electron chi connectivity index (χ1n) is 5.91. The molecule has 2 aromatic rings. The van der Waals surface area contributed by atoms with Gasteiger partial charge in [0, 0.05) is 12.6 Å². The van der Waals surface area contributed by atoms with Gasteiger partial charge in [0.25, 0.3) is 0 Å². The molecule has 0 saturated heterocycles. The molecule has 0 radical (unpaired) electrons. The van der Waals surface area contributed by atoms with Gasteiger partial charge in [-0.1, -0.05) is 41.9 Å². The molecular weight excluding hydrogens is 246 g/mol. The van der Waals surface area contributed by atoms with E-state index in [9.17, 15) is 0 Å². The van der Waals surface area contributed by atoms with Gasteiger partial charge in [0.05, 0.1) is 17.8 Å². The van der Waals surface area contributed by atoms with Crippen LogP contribution >= 0.6 is 11.6 Å². The van der Waals surface area contributed by atoms with Crippen LogP contribution < -0.4 is 10.1 Å². The smallest absolute Gasteiger partial charge is 0.121 e. The largest absolute Gasteiger partial charge is 0.497 e. The summed E-state index contributed by atoms with van der Waals surface area (Å²) in [6.07, 6.45) is 0.967. The zero-order valence-electron chi connectivity index (χ0n) is 10.3. The van der Waals surface area contributed by atoms with Gasteiger partial charge in [-0.25, -0.2) is 0 Å². The molecule has 2 rings (SSSR count). The fourth-order valence-electron chi connectivity index (χ4n) is 1.75. The number of hydrogen-bond donors (Lipinski definition) is 1. The summed E-state index contributed by atoms with van der Waals surface area (Å²) in [6, 6.07) is 16.0. The van der Waals surface area contributed by atoms with Crippen molar-refractivity contribution in [2.75, 3.05) is 19.0 Å². The third kappa shape index (κ3) is 3.41. The SMILES string of the molecule is COc1ccc(Cl)c(NCCc2ccccc2)c1. The van der Waals surface area contributed by atoms with Crippen molar-refractivity contribution in [1.29, 1.82) is 0 Å². The van der Waals surface area contributed by atoms with Crippen molar-refractivity contribution in [2.24, 2.45) is 0 Å². The molecule has 0 spiro atoms. The number of rotatable bonds is 5. The van der Waals surface area contributed by atoms with E-state index in [4.69, 9.17) is 16.3 Å². The molecular formula is C15H16ClNO. The lowest BCUT2D eigenvalue weighted by atomic mass is 10.1. The Labute approximate surface area is 113 Å². The minimum Gasteiger partial charge on any atom is -0.497 e. The normalized spacial score (nSPS) is 10.1. The zero-order valence-corrected chi connectivity index (χ0v) is 11.1. The van der Waals surface area contributed by atoms with Crippen molar-refractivity contribution in [2.45, 2.75) is 6.42 Å². The molecule has 0 aromatic heterocycles. The van der Waals surface area contributed by atoms with Gasteiger partial charge >= 0.3 is 0 Å². The summed E-state index contributed by atoms with van der Waals surface area (Å²) in [6.45, 7) is 0.844. The average Bonchev–Trinajstić information content (AvgIpc) is 2.42. The van der Waals surface area contributed by atoms with E-state index in [1.165, 1.54) is 5.56 Å². The second kappa shape index (κ2) is 6.31. The van der Waals surface area contributed by atoms with Crippen LogP contribution in [0.4, 0.5) is 5.69 Å². The van der Waals surface area contributed by atoms with Gasteiger partial charge in [-0.15, -0.1) is 0 Å². The predicted octanol–water partition coefficient (Wildman–Crippen LogP) is 4.00. The molecule has 3 heteroatoms. The molecule has 2 nitrogen and oxygen atoms in total. The van der Waals surface area contributed by atoms with E-state index >= 15 is 0 Å². The Morgan fingerprint density at radius 3 is 2.61 bits per heavy atom. The number of halogens is 1. The molecule has 18 heavy (non-hydrogen) atoms. The second-order valence-electron chi connectivity index (χ2n) is 4.01. The Hall–Kier alpha value is -1.67. The van der Waals surface area contributed by atoms with E-state index in [-0.39, 0.29) is 0 Å². The Balaban J connectivity index is 1.94. The summed E-state index contributed by atoms with van der Waals surface area (Å²) in [5.41, 5.74) is 2.22. The van der Waals surface area contributed by atoms with Crippen molar-refractivity contribution < 1.29 is 4.74 Å². The Kier molecular flexibility index (Phi) is 4.48. The van der Waals surface area contributed by atoms with Crippen LogP contribution in [0.2, 0.25) is 5.02 Å². The molecule has 0 amide bonds. The van der Waals surface area contributed by atoms with Crippen LogP contribution in [0.25, 0.3) is 0 Å². The molecule has 2 aromatic carbocycles.